The van der Waals surface area contributed by atoms with Gasteiger partial charge in [-0.15, -0.1) is 0 Å². The van der Waals surface area contributed by atoms with Gasteiger partial charge in [0.25, 0.3) is 0 Å². The minimum Gasteiger partial charge on any atom is -0.411 e. The zero-order valence-electron chi connectivity index (χ0n) is 11.0. The quantitative estimate of drug-likeness (QED) is 0.206. The number of halogens is 6. The molecule has 2 rings (SSSR count). The highest BCUT2D eigenvalue weighted by molar-refractivity contribution is 6.33. The fourth-order valence-electron chi connectivity index (χ4n) is 1.37. The summed E-state index contributed by atoms with van der Waals surface area (Å²) in [5.41, 5.74) is -0.703. The van der Waals surface area contributed by atoms with Crippen LogP contribution in [0.15, 0.2) is 29.4 Å². The lowest BCUT2D eigenvalue weighted by Gasteiger charge is -1.99. The average Bonchev–Trinajstić information content (AvgIpc) is 2.53. The predicted molar refractivity (Wildman–Crippen MR) is 77.5 cm³/mol. The third-order valence-corrected chi connectivity index (χ3v) is 3.23. The number of hydrogen-bond donors (Lipinski definition) is 1. The van der Waals surface area contributed by atoms with Crippen molar-refractivity contribution in [2.45, 2.75) is 0 Å². The van der Waals surface area contributed by atoms with E-state index in [1.165, 1.54) is 0 Å². The monoisotopic (exact) mass is 367 g/mol. The van der Waals surface area contributed by atoms with Crippen LogP contribution in [0.2, 0.25) is 10.0 Å². The second-order valence-electron chi connectivity index (χ2n) is 3.88. The number of oxime groups is 1. The first-order chi connectivity index (χ1) is 10.8. The Labute approximate surface area is 137 Å². The highest BCUT2D eigenvalue weighted by Crippen LogP contribution is 2.21. The first-order valence-corrected chi connectivity index (χ1v) is 6.48. The van der Waals surface area contributed by atoms with Gasteiger partial charge in [0.2, 0.25) is 0 Å². The molecule has 0 heterocycles. The van der Waals surface area contributed by atoms with E-state index in [-0.39, 0.29) is 11.8 Å². The van der Waals surface area contributed by atoms with Gasteiger partial charge in [-0.2, -0.15) is 0 Å². The van der Waals surface area contributed by atoms with Crippen molar-refractivity contribution >= 4 is 35.7 Å². The molecule has 0 aliphatic carbocycles. The minimum absolute atomic E-state index is 0.181. The van der Waals surface area contributed by atoms with E-state index in [9.17, 15) is 22.4 Å². The molecular weight excluding hydrogens is 361 g/mol. The van der Waals surface area contributed by atoms with Gasteiger partial charge >= 0.3 is 0 Å². The van der Waals surface area contributed by atoms with Crippen LogP contribution in [0.3, 0.4) is 0 Å². The summed E-state index contributed by atoms with van der Waals surface area (Å²) in [6, 6.07) is 3.51. The maximum atomic E-state index is 12.8. The first kappa shape index (κ1) is 18.9. The van der Waals surface area contributed by atoms with Crippen LogP contribution in [-0.4, -0.2) is 17.7 Å². The van der Waals surface area contributed by atoms with Crippen molar-refractivity contribution in [3.8, 4) is 0 Å². The molecule has 23 heavy (non-hydrogen) atoms. The molecule has 0 saturated heterocycles. The molecule has 9 heteroatoms. The molecule has 1 N–H and O–H groups in total. The van der Waals surface area contributed by atoms with E-state index in [1.807, 2.05) is 0 Å². The Morgan fingerprint density at radius 2 is 1.22 bits per heavy atom. The van der Waals surface area contributed by atoms with Gasteiger partial charge in [0.05, 0.1) is 27.4 Å². The van der Waals surface area contributed by atoms with Crippen LogP contribution in [0.4, 0.5) is 17.6 Å². The van der Waals surface area contributed by atoms with Crippen molar-refractivity contribution in [2.24, 2.45) is 5.16 Å². The van der Waals surface area contributed by atoms with Gasteiger partial charge in [-0.3, -0.25) is 4.79 Å². The second kappa shape index (κ2) is 8.50. The van der Waals surface area contributed by atoms with Gasteiger partial charge in [0.1, 0.15) is 23.3 Å². The Bertz CT molecular complexity index is 754. The van der Waals surface area contributed by atoms with Crippen LogP contribution in [0.1, 0.15) is 15.9 Å². The molecule has 0 aromatic heterocycles. The molecule has 0 spiro atoms. The van der Waals surface area contributed by atoms with E-state index in [2.05, 4.69) is 5.16 Å². The number of hydrogen-bond acceptors (Lipinski definition) is 3. The lowest BCUT2D eigenvalue weighted by Crippen LogP contribution is -1.92. The van der Waals surface area contributed by atoms with Crippen LogP contribution in [0.25, 0.3) is 0 Å². The summed E-state index contributed by atoms with van der Waals surface area (Å²) in [6.45, 7) is 0. The normalized spacial score (nSPS) is 10.3. The molecule has 0 atom stereocenters. The maximum absolute atomic E-state index is 12.8. The molecule has 0 aliphatic heterocycles. The van der Waals surface area contributed by atoms with Gasteiger partial charge in [-0.05, 0) is 24.3 Å². The van der Waals surface area contributed by atoms with Crippen molar-refractivity contribution in [2.75, 3.05) is 0 Å². The summed E-state index contributed by atoms with van der Waals surface area (Å²) in [6.07, 6.45) is 0.918. The Kier molecular flexibility index (Phi) is 6.99. The fraction of sp³-hybridized carbons (Fsp3) is 0. The predicted octanol–water partition coefficient (Wildman–Crippen LogP) is 4.86. The van der Waals surface area contributed by atoms with E-state index in [0.29, 0.717) is 0 Å². The first-order valence-electron chi connectivity index (χ1n) is 5.73. The van der Waals surface area contributed by atoms with Gasteiger partial charge < -0.3 is 5.21 Å². The third kappa shape index (κ3) is 4.67. The molecule has 2 aromatic rings. The number of carbonyl (C=O) groups excluding carboxylic acids is 1. The van der Waals surface area contributed by atoms with Gasteiger partial charge in [0, 0.05) is 0 Å². The third-order valence-electron chi connectivity index (χ3n) is 2.46. The van der Waals surface area contributed by atoms with E-state index < -0.39 is 38.9 Å². The molecule has 0 fully saturated rings. The summed E-state index contributed by atoms with van der Waals surface area (Å²) in [5, 5.41) is 9.77. The zero-order chi connectivity index (χ0) is 17.6. The van der Waals surface area contributed by atoms with E-state index in [4.69, 9.17) is 28.4 Å². The van der Waals surface area contributed by atoms with Crippen LogP contribution < -0.4 is 0 Å². The highest BCUT2D eigenvalue weighted by Gasteiger charge is 2.10. The maximum Gasteiger partial charge on any atom is 0.154 e. The largest absolute Gasteiger partial charge is 0.411 e. The Balaban J connectivity index is 0.000000231. The van der Waals surface area contributed by atoms with E-state index in [1.54, 1.807) is 0 Å². The van der Waals surface area contributed by atoms with Crippen LogP contribution >= 0.6 is 23.2 Å². The van der Waals surface area contributed by atoms with E-state index in [0.717, 1.165) is 30.5 Å². The molecule has 0 unspecified atom stereocenters. The molecule has 0 radical (unpaired) electrons. The molecule has 0 aliphatic rings. The molecule has 0 saturated carbocycles. The van der Waals surface area contributed by atoms with Crippen molar-refractivity contribution in [1.82, 2.24) is 0 Å². The van der Waals surface area contributed by atoms with Crippen molar-refractivity contribution in [3.63, 3.8) is 0 Å². The molecule has 2 aromatic carbocycles. The topological polar surface area (TPSA) is 49.7 Å². The standard InChI is InChI=1S/C7H4ClF2NO.C7H3ClF2O/c8-7-4(3-11-12)5(9)1-2-6(7)10;8-7-4(3-11)5(9)1-2-6(7)10/h1-3,12H;1-3H/b11-3+;. The zero-order valence-corrected chi connectivity index (χ0v) is 12.5. The molecule has 0 bridgehead atoms. The fourth-order valence-corrected chi connectivity index (χ4v) is 1.77. The summed E-state index contributed by atoms with van der Waals surface area (Å²) in [5.74, 6) is -3.10. The summed E-state index contributed by atoms with van der Waals surface area (Å²) < 4.78 is 50.4. The average molecular weight is 368 g/mol. The number of benzene rings is 2. The summed E-state index contributed by atoms with van der Waals surface area (Å²) in [7, 11) is 0. The van der Waals surface area contributed by atoms with Crippen molar-refractivity contribution in [3.05, 3.63) is 68.7 Å². The number of aldehydes is 1. The van der Waals surface area contributed by atoms with Crippen LogP contribution in [0.5, 0.6) is 0 Å². The lowest BCUT2D eigenvalue weighted by atomic mass is 10.2. The minimum atomic E-state index is -0.814. The van der Waals surface area contributed by atoms with Crippen LogP contribution in [-0.2, 0) is 0 Å². The summed E-state index contributed by atoms with van der Waals surface area (Å²) >= 11 is 10.6. The van der Waals surface area contributed by atoms with Crippen molar-refractivity contribution < 1.29 is 27.6 Å². The Hall–Kier alpha value is -2.12. The molecular formula is C14H7Cl2F4NO2. The van der Waals surface area contributed by atoms with Crippen LogP contribution in [0, 0.1) is 23.3 Å². The summed E-state index contributed by atoms with van der Waals surface area (Å²) in [4.78, 5) is 10.1. The molecule has 0 amide bonds. The molecule has 122 valence electrons. The van der Waals surface area contributed by atoms with E-state index >= 15 is 0 Å². The number of carbonyl (C=O) groups is 1. The van der Waals surface area contributed by atoms with Gasteiger partial charge in [-0.25, -0.2) is 17.6 Å². The Morgan fingerprint density at radius 1 is 0.826 bits per heavy atom. The number of rotatable bonds is 2. The second-order valence-corrected chi connectivity index (χ2v) is 4.63. The van der Waals surface area contributed by atoms with Gasteiger partial charge in [-0.1, -0.05) is 28.4 Å². The van der Waals surface area contributed by atoms with Gasteiger partial charge in [0.15, 0.2) is 6.29 Å². The number of nitrogens with zero attached hydrogens (tertiary/aromatic N) is 1. The Morgan fingerprint density at radius 3 is 1.61 bits per heavy atom. The SMILES string of the molecule is O/N=C/c1c(F)ccc(F)c1Cl.O=Cc1c(F)ccc(F)c1Cl. The van der Waals surface area contributed by atoms with Crippen molar-refractivity contribution in [1.29, 1.82) is 0 Å². The lowest BCUT2D eigenvalue weighted by molar-refractivity contribution is 0.111. The molecule has 3 nitrogen and oxygen atoms in total. The highest BCUT2D eigenvalue weighted by atomic mass is 35.5. The smallest absolute Gasteiger partial charge is 0.154 e.